The van der Waals surface area contributed by atoms with Crippen molar-refractivity contribution in [2.45, 2.75) is 19.4 Å². The molecule has 6 heteroatoms. The number of benzene rings is 2. The van der Waals surface area contributed by atoms with Crippen molar-refractivity contribution in [1.29, 1.82) is 0 Å². The zero-order valence-electron chi connectivity index (χ0n) is 14.0. The molecule has 1 aliphatic heterocycles. The summed E-state index contributed by atoms with van der Waals surface area (Å²) >= 11 is 0. The monoisotopic (exact) mass is 344 g/mol. The third kappa shape index (κ3) is 4.48. The van der Waals surface area contributed by atoms with Crippen molar-refractivity contribution in [3.63, 3.8) is 0 Å². The number of fused-ring (bicyclic) bond motifs is 1. The molecule has 0 fully saturated rings. The van der Waals surface area contributed by atoms with Gasteiger partial charge in [0.2, 0.25) is 5.91 Å². The van der Waals surface area contributed by atoms with Crippen molar-refractivity contribution < 1.29 is 19.0 Å². The number of β-amino-alcohol motifs (C(OH)–C–C–N with tert-alkyl or cyclic N) is 1. The molecule has 0 bridgehead atoms. The fraction of sp³-hybridized carbons (Fsp3) is 0.316. The second-order valence-corrected chi connectivity index (χ2v) is 6.14. The van der Waals surface area contributed by atoms with Crippen LogP contribution in [0.2, 0.25) is 0 Å². The number of nitrogens with one attached hydrogen (secondary N) is 1. The maximum absolute atomic E-state index is 13.4. The predicted octanol–water partition coefficient (Wildman–Crippen LogP) is 2.59. The summed E-state index contributed by atoms with van der Waals surface area (Å²) in [6.07, 6.45) is 0.164. The van der Waals surface area contributed by atoms with E-state index in [2.05, 4.69) is 5.32 Å². The molecule has 2 aromatic carbocycles. The number of rotatable bonds is 6. The van der Waals surface area contributed by atoms with E-state index in [1.807, 2.05) is 4.90 Å². The highest BCUT2D eigenvalue weighted by molar-refractivity contribution is 5.88. The molecule has 1 unspecified atom stereocenters. The summed E-state index contributed by atoms with van der Waals surface area (Å²) < 4.78 is 19.0. The molecule has 3 rings (SSSR count). The van der Waals surface area contributed by atoms with Crippen molar-refractivity contribution in [3.8, 4) is 5.75 Å². The zero-order chi connectivity index (χ0) is 17.8. The van der Waals surface area contributed by atoms with Gasteiger partial charge in [0.05, 0.1) is 0 Å². The second kappa shape index (κ2) is 7.53. The van der Waals surface area contributed by atoms with Crippen LogP contribution in [0.3, 0.4) is 0 Å². The highest BCUT2D eigenvalue weighted by atomic mass is 19.1. The third-order valence-electron chi connectivity index (χ3n) is 4.09. The summed E-state index contributed by atoms with van der Waals surface area (Å²) in [6.45, 7) is 2.74. The van der Waals surface area contributed by atoms with E-state index in [-0.39, 0.29) is 18.3 Å². The van der Waals surface area contributed by atoms with Crippen molar-refractivity contribution >= 4 is 17.3 Å². The molecular weight excluding hydrogens is 323 g/mol. The molecule has 0 saturated heterocycles. The van der Waals surface area contributed by atoms with Gasteiger partial charge in [-0.05, 0) is 48.4 Å². The SMILES string of the molecule is CC(=O)Nc1ccc(OCC(O)CN2CCc3ccc(F)cc32)cc1. The minimum atomic E-state index is -0.691. The van der Waals surface area contributed by atoms with Gasteiger partial charge in [0, 0.05) is 31.4 Å². The molecular formula is C19H21FN2O3. The number of aliphatic hydroxyl groups is 1. The molecule has 2 aromatic rings. The molecule has 25 heavy (non-hydrogen) atoms. The quantitative estimate of drug-likeness (QED) is 0.846. The Hall–Kier alpha value is -2.60. The highest BCUT2D eigenvalue weighted by Crippen LogP contribution is 2.28. The van der Waals surface area contributed by atoms with Gasteiger partial charge in [0.1, 0.15) is 24.3 Å². The van der Waals surface area contributed by atoms with E-state index in [0.717, 1.165) is 24.2 Å². The van der Waals surface area contributed by atoms with Crippen LogP contribution in [0.15, 0.2) is 42.5 Å². The van der Waals surface area contributed by atoms with Gasteiger partial charge in [-0.15, -0.1) is 0 Å². The van der Waals surface area contributed by atoms with E-state index in [1.165, 1.54) is 19.1 Å². The van der Waals surface area contributed by atoms with E-state index in [1.54, 1.807) is 30.3 Å². The average Bonchev–Trinajstić information content (AvgIpc) is 2.96. The molecule has 1 aliphatic rings. The summed E-state index contributed by atoms with van der Waals surface area (Å²) in [6, 6.07) is 11.7. The van der Waals surface area contributed by atoms with E-state index < -0.39 is 6.10 Å². The Bertz CT molecular complexity index is 749. The Morgan fingerprint density at radius 2 is 2.08 bits per heavy atom. The maximum atomic E-state index is 13.4. The molecule has 0 aromatic heterocycles. The lowest BCUT2D eigenvalue weighted by molar-refractivity contribution is -0.114. The fourth-order valence-corrected chi connectivity index (χ4v) is 2.95. The number of nitrogens with zero attached hydrogens (tertiary/aromatic N) is 1. The fourth-order valence-electron chi connectivity index (χ4n) is 2.95. The first-order chi connectivity index (χ1) is 12.0. The van der Waals surface area contributed by atoms with Crippen molar-refractivity contribution in [3.05, 3.63) is 53.8 Å². The van der Waals surface area contributed by atoms with Gasteiger partial charge in [-0.25, -0.2) is 4.39 Å². The number of halogens is 1. The van der Waals surface area contributed by atoms with Gasteiger partial charge in [-0.3, -0.25) is 4.79 Å². The van der Waals surface area contributed by atoms with E-state index in [0.29, 0.717) is 18.0 Å². The minimum absolute atomic E-state index is 0.133. The molecule has 2 N–H and O–H groups in total. The Kier molecular flexibility index (Phi) is 5.19. The van der Waals surface area contributed by atoms with Crippen LogP contribution in [-0.2, 0) is 11.2 Å². The summed E-state index contributed by atoms with van der Waals surface area (Å²) in [5.41, 5.74) is 2.64. The molecule has 1 heterocycles. The van der Waals surface area contributed by atoms with Crippen LogP contribution in [0.4, 0.5) is 15.8 Å². The average molecular weight is 344 g/mol. The molecule has 1 amide bonds. The van der Waals surface area contributed by atoms with Crippen LogP contribution in [0, 0.1) is 5.82 Å². The summed E-state index contributed by atoms with van der Waals surface area (Å²) in [5, 5.41) is 12.9. The van der Waals surface area contributed by atoms with E-state index in [9.17, 15) is 14.3 Å². The first kappa shape index (κ1) is 17.2. The third-order valence-corrected chi connectivity index (χ3v) is 4.09. The lowest BCUT2D eigenvalue weighted by Gasteiger charge is -2.23. The number of carbonyl (C=O) groups excluding carboxylic acids is 1. The smallest absolute Gasteiger partial charge is 0.221 e. The molecule has 0 saturated carbocycles. The molecule has 1 atom stereocenters. The van der Waals surface area contributed by atoms with Crippen LogP contribution in [0.25, 0.3) is 0 Å². The lowest BCUT2D eigenvalue weighted by atomic mass is 10.2. The highest BCUT2D eigenvalue weighted by Gasteiger charge is 2.22. The minimum Gasteiger partial charge on any atom is -0.491 e. The Morgan fingerprint density at radius 1 is 1.32 bits per heavy atom. The molecule has 0 aliphatic carbocycles. The topological polar surface area (TPSA) is 61.8 Å². The first-order valence-electron chi connectivity index (χ1n) is 8.23. The number of ether oxygens (including phenoxy) is 1. The van der Waals surface area contributed by atoms with Gasteiger partial charge >= 0.3 is 0 Å². The standard InChI is InChI=1S/C19H21FN2O3/c1-13(23)21-16-4-6-18(7-5-16)25-12-17(24)11-22-9-8-14-2-3-15(20)10-19(14)22/h2-7,10,17,24H,8-9,11-12H2,1H3,(H,21,23). The van der Waals surface area contributed by atoms with E-state index in [4.69, 9.17) is 4.74 Å². The van der Waals surface area contributed by atoms with Crippen LogP contribution in [-0.4, -0.2) is 36.8 Å². The van der Waals surface area contributed by atoms with Crippen molar-refractivity contribution in [2.24, 2.45) is 0 Å². The first-order valence-corrected chi connectivity index (χ1v) is 8.23. The number of hydrogen-bond donors (Lipinski definition) is 2. The summed E-state index contributed by atoms with van der Waals surface area (Å²) in [7, 11) is 0. The van der Waals surface area contributed by atoms with Gasteiger partial charge in [0.15, 0.2) is 0 Å². The number of hydrogen-bond acceptors (Lipinski definition) is 4. The molecule has 132 valence electrons. The number of anilines is 2. The van der Waals surface area contributed by atoms with E-state index >= 15 is 0 Å². The summed E-state index contributed by atoms with van der Waals surface area (Å²) in [5.74, 6) is 0.211. The molecule has 0 radical (unpaired) electrons. The van der Waals surface area contributed by atoms with Crippen LogP contribution in [0.5, 0.6) is 5.75 Å². The van der Waals surface area contributed by atoms with Gasteiger partial charge in [-0.1, -0.05) is 6.07 Å². The van der Waals surface area contributed by atoms with Crippen LogP contribution >= 0.6 is 0 Å². The van der Waals surface area contributed by atoms with Crippen LogP contribution < -0.4 is 15.0 Å². The molecule has 0 spiro atoms. The zero-order valence-corrected chi connectivity index (χ0v) is 14.0. The normalized spacial score (nSPS) is 14.1. The van der Waals surface area contributed by atoms with Crippen molar-refractivity contribution in [2.75, 3.05) is 29.9 Å². The van der Waals surface area contributed by atoms with Crippen molar-refractivity contribution in [1.82, 2.24) is 0 Å². The predicted molar refractivity (Wildman–Crippen MR) is 94.6 cm³/mol. The second-order valence-electron chi connectivity index (χ2n) is 6.14. The lowest BCUT2D eigenvalue weighted by Crippen LogP contribution is -2.34. The Balaban J connectivity index is 1.51. The number of amides is 1. The number of aliphatic hydroxyl groups excluding tert-OH is 1. The maximum Gasteiger partial charge on any atom is 0.221 e. The van der Waals surface area contributed by atoms with Gasteiger partial charge in [-0.2, -0.15) is 0 Å². The summed E-state index contributed by atoms with van der Waals surface area (Å²) in [4.78, 5) is 13.0. The number of carbonyl (C=O) groups is 1. The van der Waals surface area contributed by atoms with Gasteiger partial charge in [0.25, 0.3) is 0 Å². The van der Waals surface area contributed by atoms with Gasteiger partial charge < -0.3 is 20.1 Å². The Morgan fingerprint density at radius 3 is 2.80 bits per heavy atom. The largest absolute Gasteiger partial charge is 0.491 e. The van der Waals surface area contributed by atoms with Crippen LogP contribution in [0.1, 0.15) is 12.5 Å². The Labute approximate surface area is 146 Å². The molecule has 5 nitrogen and oxygen atoms in total.